The number of nitrogens with zero attached hydrogens (tertiary/aromatic N) is 5. The number of fused-ring (bicyclic) bond motifs is 2. The van der Waals surface area contributed by atoms with E-state index in [-0.39, 0.29) is 25.3 Å². The first-order valence-corrected chi connectivity index (χ1v) is 14.8. The van der Waals surface area contributed by atoms with Gasteiger partial charge < -0.3 is 25.4 Å². The van der Waals surface area contributed by atoms with Gasteiger partial charge in [0.15, 0.2) is 0 Å². The maximum absolute atomic E-state index is 14.1. The van der Waals surface area contributed by atoms with Crippen LogP contribution in [0, 0.1) is 5.92 Å². The molecule has 5 atom stereocenters. The summed E-state index contributed by atoms with van der Waals surface area (Å²) in [5.41, 5.74) is -1.41. The molecular formula is C30H39N7O6. The van der Waals surface area contributed by atoms with E-state index in [1.165, 1.54) is 9.70 Å². The summed E-state index contributed by atoms with van der Waals surface area (Å²) < 4.78 is 5.43. The van der Waals surface area contributed by atoms with Gasteiger partial charge in [-0.15, -0.1) is 10.2 Å². The first-order chi connectivity index (χ1) is 20.5. The summed E-state index contributed by atoms with van der Waals surface area (Å²) >= 11 is 0. The third kappa shape index (κ3) is 6.86. The van der Waals surface area contributed by atoms with Crippen LogP contribution < -0.4 is 10.6 Å². The van der Waals surface area contributed by atoms with E-state index in [2.05, 4.69) is 26.0 Å². The third-order valence-corrected chi connectivity index (χ3v) is 8.12. The molecule has 230 valence electrons. The van der Waals surface area contributed by atoms with Gasteiger partial charge in [-0.2, -0.15) is 4.80 Å². The molecule has 2 aromatic rings. The molecule has 3 aliphatic rings. The van der Waals surface area contributed by atoms with Crippen LogP contribution in [0.4, 0.5) is 4.79 Å². The monoisotopic (exact) mass is 593 g/mol. The lowest BCUT2D eigenvalue weighted by Crippen LogP contribution is -2.56. The number of hydrogen-bond donors (Lipinski definition) is 3. The fraction of sp³-hybridized carbons (Fsp3) is 0.567. The Labute approximate surface area is 250 Å². The van der Waals surface area contributed by atoms with E-state index in [1.54, 1.807) is 20.8 Å². The van der Waals surface area contributed by atoms with E-state index in [1.807, 2.05) is 42.5 Å². The molecule has 13 nitrogen and oxygen atoms in total. The van der Waals surface area contributed by atoms with Crippen LogP contribution >= 0.6 is 0 Å². The Morgan fingerprint density at radius 3 is 2.63 bits per heavy atom. The number of amides is 3. The van der Waals surface area contributed by atoms with Crippen molar-refractivity contribution in [1.82, 2.24) is 35.7 Å². The Kier molecular flexibility index (Phi) is 8.52. The maximum atomic E-state index is 14.1. The Hall–Kier alpha value is -4.29. The van der Waals surface area contributed by atoms with Crippen LogP contribution in [0.1, 0.15) is 71.8 Å². The number of carbonyl (C=O) groups is 4. The molecule has 1 aliphatic carbocycles. The van der Waals surface area contributed by atoms with Gasteiger partial charge in [0.2, 0.25) is 17.6 Å². The quantitative estimate of drug-likeness (QED) is 0.451. The zero-order valence-electron chi connectivity index (χ0n) is 24.7. The number of nitrogens with one attached hydrogen (secondary N) is 2. The molecule has 3 N–H and O–H groups in total. The minimum absolute atomic E-state index is 0.0808. The number of rotatable bonds is 4. The van der Waals surface area contributed by atoms with Crippen LogP contribution in [-0.4, -0.2) is 83.9 Å². The summed E-state index contributed by atoms with van der Waals surface area (Å²) in [6.45, 7) is 5.30. The number of aliphatic carboxylic acids is 1. The lowest BCUT2D eigenvalue weighted by molar-refractivity contribution is -0.145. The van der Waals surface area contributed by atoms with Crippen LogP contribution in [0.3, 0.4) is 0 Å². The fourth-order valence-electron chi connectivity index (χ4n) is 5.78. The summed E-state index contributed by atoms with van der Waals surface area (Å²) in [7, 11) is 0. The lowest BCUT2D eigenvalue weighted by atomic mass is 10.0. The molecule has 0 radical (unpaired) electrons. The highest BCUT2D eigenvalue weighted by Crippen LogP contribution is 2.45. The van der Waals surface area contributed by atoms with E-state index in [0.717, 1.165) is 24.8 Å². The number of tetrazole rings is 1. The van der Waals surface area contributed by atoms with Gasteiger partial charge in [-0.1, -0.05) is 55.3 Å². The summed E-state index contributed by atoms with van der Waals surface area (Å²) in [6, 6.07) is 6.89. The standard InChI is InChI=1S/C30H39N7O6/c1-29(2,3)43-28(42)31-22-15-11-6-4-5-10-14-20-17-30(20,27(40)41)32-25(38)23-16-21(18-36(23)26(22)39)37-34-24(33-35-37)19-12-8-7-9-13-19/h7-10,12-14,20-23H,4-6,11,15-18H2,1-3H3,(H,31,42)(H,32,38)(H,40,41)/b14-10-/t20-,21-,22+,23+,30-/m1/s1. The first-order valence-electron chi connectivity index (χ1n) is 14.8. The summed E-state index contributed by atoms with van der Waals surface area (Å²) in [5.74, 6) is -2.04. The van der Waals surface area contributed by atoms with E-state index >= 15 is 0 Å². The highest BCUT2D eigenvalue weighted by Gasteiger charge is 2.61. The highest BCUT2D eigenvalue weighted by molar-refractivity contribution is 5.96. The maximum Gasteiger partial charge on any atom is 0.408 e. The molecule has 0 spiro atoms. The normalized spacial score (nSPS) is 28.9. The van der Waals surface area contributed by atoms with Crippen molar-refractivity contribution in [3.8, 4) is 11.4 Å². The second-order valence-corrected chi connectivity index (χ2v) is 12.5. The Bertz CT molecular complexity index is 1390. The predicted molar refractivity (Wildman–Crippen MR) is 154 cm³/mol. The van der Waals surface area contributed by atoms with E-state index < -0.39 is 53.1 Å². The Morgan fingerprint density at radius 1 is 1.14 bits per heavy atom. The number of ether oxygens (including phenoxy) is 1. The van der Waals surface area contributed by atoms with Crippen molar-refractivity contribution >= 4 is 23.9 Å². The smallest absolute Gasteiger partial charge is 0.408 e. The molecule has 3 heterocycles. The predicted octanol–water partition coefficient (Wildman–Crippen LogP) is 2.86. The molecule has 1 aromatic carbocycles. The molecule has 2 fully saturated rings. The van der Waals surface area contributed by atoms with Gasteiger partial charge in [-0.3, -0.25) is 9.59 Å². The Morgan fingerprint density at radius 2 is 1.91 bits per heavy atom. The molecule has 3 amide bonds. The van der Waals surface area contributed by atoms with Crippen molar-refractivity contribution in [3.05, 3.63) is 42.5 Å². The van der Waals surface area contributed by atoms with Gasteiger partial charge in [0, 0.05) is 24.4 Å². The summed E-state index contributed by atoms with van der Waals surface area (Å²) in [4.78, 5) is 55.7. The summed E-state index contributed by atoms with van der Waals surface area (Å²) in [5, 5.41) is 28.4. The van der Waals surface area contributed by atoms with Crippen molar-refractivity contribution < 1.29 is 29.0 Å². The van der Waals surface area contributed by atoms with Crippen molar-refractivity contribution in [2.24, 2.45) is 5.92 Å². The van der Waals surface area contributed by atoms with Gasteiger partial charge in [0.25, 0.3) is 0 Å². The van der Waals surface area contributed by atoms with E-state index in [0.29, 0.717) is 18.7 Å². The number of hydrogen-bond acceptors (Lipinski definition) is 8. The molecule has 1 saturated heterocycles. The van der Waals surface area contributed by atoms with Crippen LogP contribution in [-0.2, 0) is 19.1 Å². The molecule has 1 saturated carbocycles. The van der Waals surface area contributed by atoms with Crippen LogP contribution in [0.15, 0.2) is 42.5 Å². The highest BCUT2D eigenvalue weighted by atomic mass is 16.6. The minimum Gasteiger partial charge on any atom is -0.479 e. The van der Waals surface area contributed by atoms with Gasteiger partial charge in [0.1, 0.15) is 23.2 Å². The molecule has 2 aliphatic heterocycles. The summed E-state index contributed by atoms with van der Waals surface area (Å²) in [6.07, 6.45) is 6.98. The molecule has 13 heteroatoms. The van der Waals surface area contributed by atoms with Gasteiger partial charge in [-0.25, -0.2) is 9.59 Å². The van der Waals surface area contributed by atoms with Gasteiger partial charge in [0.05, 0.1) is 6.04 Å². The molecule has 0 unspecified atom stereocenters. The first kappa shape index (κ1) is 30.2. The van der Waals surface area contributed by atoms with Crippen molar-refractivity contribution in [3.63, 3.8) is 0 Å². The second kappa shape index (κ2) is 12.1. The number of carbonyl (C=O) groups excluding carboxylic acids is 3. The van der Waals surface area contributed by atoms with E-state index in [9.17, 15) is 24.3 Å². The number of benzene rings is 1. The van der Waals surface area contributed by atoms with E-state index in [4.69, 9.17) is 4.74 Å². The second-order valence-electron chi connectivity index (χ2n) is 12.5. The molecular weight excluding hydrogens is 554 g/mol. The zero-order valence-corrected chi connectivity index (χ0v) is 24.7. The third-order valence-electron chi connectivity index (χ3n) is 8.12. The molecule has 0 bridgehead atoms. The number of aromatic nitrogens is 4. The minimum atomic E-state index is -1.42. The van der Waals surface area contributed by atoms with Crippen LogP contribution in [0.25, 0.3) is 11.4 Å². The Balaban J connectivity index is 1.44. The molecule has 5 rings (SSSR count). The number of carboxylic acid groups (broad SMARTS) is 1. The number of carboxylic acids is 1. The van der Waals surface area contributed by atoms with Crippen LogP contribution in [0.5, 0.6) is 0 Å². The molecule has 1 aromatic heterocycles. The van der Waals surface area contributed by atoms with Gasteiger partial charge in [-0.05, 0) is 51.7 Å². The SMILES string of the molecule is CC(C)(C)OC(=O)N[C@H]1CCCCC/C=C\[C@@H]2C[C@@]2(C(=O)O)NC(=O)[C@@H]2C[C@@H](n3nnc(-c4ccccc4)n3)CN2C1=O. The average molecular weight is 594 g/mol. The number of allylic oxidation sites excluding steroid dienone is 1. The van der Waals surface area contributed by atoms with Crippen LogP contribution in [0.2, 0.25) is 0 Å². The largest absolute Gasteiger partial charge is 0.479 e. The van der Waals surface area contributed by atoms with Gasteiger partial charge >= 0.3 is 12.1 Å². The zero-order chi connectivity index (χ0) is 30.8. The lowest BCUT2D eigenvalue weighted by Gasteiger charge is -2.30. The molecule has 43 heavy (non-hydrogen) atoms. The number of alkyl carbamates (subject to hydrolysis) is 1. The van der Waals surface area contributed by atoms with Crippen molar-refractivity contribution in [2.75, 3.05) is 6.54 Å². The fourth-order valence-corrected chi connectivity index (χ4v) is 5.78. The topological polar surface area (TPSA) is 169 Å². The van der Waals surface area contributed by atoms with Crippen molar-refractivity contribution in [1.29, 1.82) is 0 Å². The average Bonchev–Trinajstić information content (AvgIpc) is 3.28. The van der Waals surface area contributed by atoms with Crippen molar-refractivity contribution in [2.45, 2.75) is 95.0 Å².